The predicted octanol–water partition coefficient (Wildman–Crippen LogP) is 1.88. The normalized spacial score (nSPS) is 12.3. The van der Waals surface area contributed by atoms with Crippen molar-refractivity contribution in [1.29, 1.82) is 0 Å². The Kier molecular flexibility index (Phi) is 3.66. The average Bonchev–Trinajstić information content (AvgIpc) is 2.16. The van der Waals surface area contributed by atoms with Gasteiger partial charge >= 0.3 is 0 Å². The summed E-state index contributed by atoms with van der Waals surface area (Å²) in [5, 5.41) is 1.12. The maximum Gasteiger partial charge on any atom is 0.243 e. The molecule has 0 saturated heterocycles. The zero-order valence-corrected chi connectivity index (χ0v) is 9.78. The van der Waals surface area contributed by atoms with Crippen molar-refractivity contribution in [2.45, 2.75) is 12.8 Å². The predicted molar refractivity (Wildman–Crippen MR) is 59.5 cm³/mol. The molecule has 0 fully saturated rings. The number of rotatable bonds is 2. The fourth-order valence-corrected chi connectivity index (χ4v) is 1.46. The fraction of sp³-hybridized carbons (Fsp3) is 0.300. The molecule has 0 aliphatic rings. The van der Waals surface area contributed by atoms with Crippen molar-refractivity contribution in [3.8, 4) is 0 Å². The van der Waals surface area contributed by atoms with Crippen LogP contribution in [0.1, 0.15) is 18.4 Å². The third-order valence-electron chi connectivity index (χ3n) is 2.09. The van der Waals surface area contributed by atoms with Crippen LogP contribution in [0.5, 0.6) is 0 Å². The molecule has 1 rings (SSSR count). The molecule has 4 heteroatoms. The highest BCUT2D eigenvalue weighted by atomic mass is 79.9. The third kappa shape index (κ3) is 2.56. The molecule has 0 aliphatic heterocycles. The van der Waals surface area contributed by atoms with Gasteiger partial charge in [0.25, 0.3) is 0 Å². The molecule has 14 heavy (non-hydrogen) atoms. The molecule has 1 aromatic carbocycles. The van der Waals surface area contributed by atoms with Gasteiger partial charge in [-0.1, -0.05) is 28.1 Å². The van der Waals surface area contributed by atoms with Crippen molar-refractivity contribution < 1.29 is 4.79 Å². The molecular weight excluding hydrogens is 244 g/mol. The first-order valence-corrected chi connectivity index (χ1v) is 5.09. The number of hydrazine groups is 1. The first-order chi connectivity index (χ1) is 6.52. The van der Waals surface area contributed by atoms with E-state index in [1.165, 1.54) is 0 Å². The van der Waals surface area contributed by atoms with Gasteiger partial charge in [0.15, 0.2) is 0 Å². The van der Waals surface area contributed by atoms with Crippen LogP contribution >= 0.6 is 15.9 Å². The Morgan fingerprint density at radius 3 is 2.36 bits per heavy atom. The van der Waals surface area contributed by atoms with Crippen molar-refractivity contribution in [1.82, 2.24) is 5.01 Å². The van der Waals surface area contributed by atoms with E-state index in [-0.39, 0.29) is 11.8 Å². The number of carbonyl (C=O) groups excluding carboxylic acids is 1. The number of halogens is 1. The van der Waals surface area contributed by atoms with Crippen LogP contribution in [0, 0.1) is 0 Å². The summed E-state index contributed by atoms with van der Waals surface area (Å²) in [6.45, 7) is 1.84. The van der Waals surface area contributed by atoms with Crippen molar-refractivity contribution in [2.24, 2.45) is 5.84 Å². The Morgan fingerprint density at radius 2 is 1.93 bits per heavy atom. The van der Waals surface area contributed by atoms with Crippen LogP contribution in [0.3, 0.4) is 0 Å². The Balaban J connectivity index is 2.84. The lowest BCUT2D eigenvalue weighted by molar-refractivity contribution is -0.131. The van der Waals surface area contributed by atoms with Crippen LogP contribution in [-0.2, 0) is 4.79 Å². The highest BCUT2D eigenvalue weighted by Gasteiger charge is 2.16. The van der Waals surface area contributed by atoms with Gasteiger partial charge in [-0.05, 0) is 24.6 Å². The van der Waals surface area contributed by atoms with Gasteiger partial charge < -0.3 is 0 Å². The summed E-state index contributed by atoms with van der Waals surface area (Å²) in [5.41, 5.74) is 0.968. The second-order valence-corrected chi connectivity index (χ2v) is 4.14. The molecule has 0 heterocycles. The quantitative estimate of drug-likeness (QED) is 0.499. The molecule has 3 nitrogen and oxygen atoms in total. The molecule has 0 radical (unpaired) electrons. The number of hydrogen-bond acceptors (Lipinski definition) is 2. The molecule has 1 atom stereocenters. The average molecular weight is 257 g/mol. The molecule has 0 aliphatic carbocycles. The minimum absolute atomic E-state index is 0.0904. The van der Waals surface area contributed by atoms with E-state index in [4.69, 9.17) is 5.84 Å². The van der Waals surface area contributed by atoms with Crippen LogP contribution in [0.15, 0.2) is 28.7 Å². The lowest BCUT2D eigenvalue weighted by Gasteiger charge is -2.16. The zero-order chi connectivity index (χ0) is 10.7. The monoisotopic (exact) mass is 256 g/mol. The summed E-state index contributed by atoms with van der Waals surface area (Å²) >= 11 is 3.34. The molecule has 2 N–H and O–H groups in total. The minimum Gasteiger partial charge on any atom is -0.283 e. The van der Waals surface area contributed by atoms with Crippen LogP contribution in [0.2, 0.25) is 0 Å². The van der Waals surface area contributed by atoms with Gasteiger partial charge in [-0.2, -0.15) is 0 Å². The van der Waals surface area contributed by atoms with Gasteiger partial charge in [-0.25, -0.2) is 5.84 Å². The first kappa shape index (κ1) is 11.2. The molecule has 0 spiro atoms. The van der Waals surface area contributed by atoms with E-state index in [0.29, 0.717) is 0 Å². The van der Waals surface area contributed by atoms with E-state index < -0.39 is 0 Å². The Hall–Kier alpha value is -0.870. The van der Waals surface area contributed by atoms with E-state index in [2.05, 4.69) is 15.9 Å². The summed E-state index contributed by atoms with van der Waals surface area (Å²) in [7, 11) is 1.55. The lowest BCUT2D eigenvalue weighted by atomic mass is 10.0. The topological polar surface area (TPSA) is 46.3 Å². The smallest absolute Gasteiger partial charge is 0.243 e. The van der Waals surface area contributed by atoms with E-state index in [0.717, 1.165) is 15.0 Å². The second kappa shape index (κ2) is 4.57. The summed E-state index contributed by atoms with van der Waals surface area (Å²) < 4.78 is 1.00. The number of likely N-dealkylation sites (N-methyl/N-ethyl adjacent to an activating group) is 1. The summed E-state index contributed by atoms with van der Waals surface area (Å²) in [6.07, 6.45) is 0. The first-order valence-electron chi connectivity index (χ1n) is 4.30. The largest absolute Gasteiger partial charge is 0.283 e. The maximum absolute atomic E-state index is 11.5. The summed E-state index contributed by atoms with van der Waals surface area (Å²) in [6, 6.07) is 7.65. The van der Waals surface area contributed by atoms with Crippen LogP contribution in [0.25, 0.3) is 0 Å². The van der Waals surface area contributed by atoms with E-state index >= 15 is 0 Å². The van der Waals surface area contributed by atoms with E-state index in [1.54, 1.807) is 7.05 Å². The number of carbonyl (C=O) groups is 1. The zero-order valence-electron chi connectivity index (χ0n) is 8.20. The van der Waals surface area contributed by atoms with E-state index in [9.17, 15) is 4.79 Å². The second-order valence-electron chi connectivity index (χ2n) is 3.22. The van der Waals surface area contributed by atoms with Crippen molar-refractivity contribution in [3.05, 3.63) is 34.3 Å². The van der Waals surface area contributed by atoms with Crippen molar-refractivity contribution in [2.75, 3.05) is 7.05 Å². The molecule has 76 valence electrons. The molecule has 0 aromatic heterocycles. The van der Waals surface area contributed by atoms with Gasteiger partial charge in [0.1, 0.15) is 0 Å². The molecule has 1 amide bonds. The maximum atomic E-state index is 11.5. The third-order valence-corrected chi connectivity index (χ3v) is 2.62. The summed E-state index contributed by atoms with van der Waals surface area (Å²) in [4.78, 5) is 11.5. The van der Waals surface area contributed by atoms with Gasteiger partial charge in [0, 0.05) is 11.5 Å². The highest BCUT2D eigenvalue weighted by molar-refractivity contribution is 9.10. The number of benzene rings is 1. The molecule has 1 unspecified atom stereocenters. The van der Waals surface area contributed by atoms with Crippen molar-refractivity contribution >= 4 is 21.8 Å². The Morgan fingerprint density at radius 1 is 1.43 bits per heavy atom. The fourth-order valence-electron chi connectivity index (χ4n) is 1.20. The standard InChI is InChI=1S/C10H13BrN2O/c1-7(10(14)13(2)12)8-3-5-9(11)6-4-8/h3-7H,12H2,1-2H3. The number of nitrogens with zero attached hydrogens (tertiary/aromatic N) is 1. The van der Waals surface area contributed by atoms with E-state index in [1.807, 2.05) is 31.2 Å². The lowest BCUT2D eigenvalue weighted by Crippen LogP contribution is -2.36. The number of nitrogens with two attached hydrogens (primary N) is 1. The van der Waals surface area contributed by atoms with Gasteiger partial charge in [-0.15, -0.1) is 0 Å². The molecule has 0 saturated carbocycles. The van der Waals surface area contributed by atoms with Crippen molar-refractivity contribution in [3.63, 3.8) is 0 Å². The number of amides is 1. The van der Waals surface area contributed by atoms with Crippen LogP contribution in [-0.4, -0.2) is 18.0 Å². The molecule has 0 bridgehead atoms. The van der Waals surface area contributed by atoms with Gasteiger partial charge in [-0.3, -0.25) is 9.80 Å². The van der Waals surface area contributed by atoms with Gasteiger partial charge in [0.2, 0.25) is 5.91 Å². The highest BCUT2D eigenvalue weighted by Crippen LogP contribution is 2.19. The number of hydrogen-bond donors (Lipinski definition) is 1. The Bertz CT molecular complexity index is 321. The Labute approximate surface area is 92.0 Å². The summed E-state index contributed by atoms with van der Waals surface area (Å²) in [5.74, 6) is 5.09. The minimum atomic E-state index is -0.196. The van der Waals surface area contributed by atoms with Crippen LogP contribution in [0.4, 0.5) is 0 Å². The van der Waals surface area contributed by atoms with Gasteiger partial charge in [0.05, 0.1) is 5.92 Å². The SMILES string of the molecule is CC(C(=O)N(C)N)c1ccc(Br)cc1. The molecule has 1 aromatic rings. The molecular formula is C10H13BrN2O. The van der Waals surface area contributed by atoms with Crippen LogP contribution < -0.4 is 5.84 Å².